The molecule has 0 atom stereocenters. The van der Waals surface area contributed by atoms with Gasteiger partial charge < -0.3 is 5.32 Å². The van der Waals surface area contributed by atoms with Gasteiger partial charge in [-0.25, -0.2) is 0 Å². The van der Waals surface area contributed by atoms with Gasteiger partial charge in [0.25, 0.3) is 0 Å². The summed E-state index contributed by atoms with van der Waals surface area (Å²) in [5.41, 5.74) is 1.57. The Balaban J connectivity index is 1.91. The lowest BCUT2D eigenvalue weighted by Gasteiger charge is -2.21. The van der Waals surface area contributed by atoms with Crippen molar-refractivity contribution in [1.82, 2.24) is 4.37 Å². The Bertz CT molecular complexity index is 385. The number of nitrogens with zero attached hydrogens (tertiary/aromatic N) is 2. The zero-order chi connectivity index (χ0) is 11.4. The Labute approximate surface area is 101 Å². The first-order chi connectivity index (χ1) is 7.81. The van der Waals surface area contributed by atoms with Gasteiger partial charge in [0.1, 0.15) is 16.6 Å². The Morgan fingerprint density at radius 1 is 1.44 bits per heavy atom. The molecule has 0 aromatic carbocycles. The Morgan fingerprint density at radius 3 is 2.88 bits per heavy atom. The van der Waals surface area contributed by atoms with Crippen LogP contribution in [0.25, 0.3) is 0 Å². The summed E-state index contributed by atoms with van der Waals surface area (Å²) in [6.45, 7) is 2.89. The molecule has 86 valence electrons. The molecule has 1 heterocycles. The molecule has 1 saturated carbocycles. The van der Waals surface area contributed by atoms with Crippen LogP contribution in [0.1, 0.15) is 43.4 Å². The van der Waals surface area contributed by atoms with Gasteiger partial charge in [0.15, 0.2) is 0 Å². The summed E-state index contributed by atoms with van der Waals surface area (Å²) >= 11 is 1.41. The third-order valence-corrected chi connectivity index (χ3v) is 4.15. The van der Waals surface area contributed by atoms with Crippen LogP contribution in [0.2, 0.25) is 0 Å². The average molecular weight is 235 g/mol. The first-order valence-electron chi connectivity index (χ1n) is 5.91. The van der Waals surface area contributed by atoms with Crippen molar-refractivity contribution in [1.29, 1.82) is 5.26 Å². The molecule has 16 heavy (non-hydrogen) atoms. The van der Waals surface area contributed by atoms with E-state index in [4.69, 9.17) is 5.26 Å². The second-order valence-corrected chi connectivity index (χ2v) is 5.24. The monoisotopic (exact) mass is 235 g/mol. The number of nitriles is 1. The first kappa shape index (κ1) is 11.4. The molecular weight excluding hydrogens is 218 g/mol. The van der Waals surface area contributed by atoms with Crippen molar-refractivity contribution in [2.24, 2.45) is 5.92 Å². The lowest BCUT2D eigenvalue weighted by Crippen LogP contribution is -2.16. The van der Waals surface area contributed by atoms with Crippen molar-refractivity contribution in [2.45, 2.75) is 39.0 Å². The van der Waals surface area contributed by atoms with E-state index >= 15 is 0 Å². The van der Waals surface area contributed by atoms with Crippen LogP contribution >= 0.6 is 11.5 Å². The minimum atomic E-state index is 0.723. The van der Waals surface area contributed by atoms with E-state index in [2.05, 4.69) is 15.8 Å². The Kier molecular flexibility index (Phi) is 3.79. The fourth-order valence-electron chi connectivity index (χ4n) is 2.25. The minimum absolute atomic E-state index is 0.723. The first-order valence-corrected chi connectivity index (χ1v) is 6.69. The summed E-state index contributed by atoms with van der Waals surface area (Å²) in [5, 5.41) is 13.3. The molecule has 0 bridgehead atoms. The molecule has 4 heteroatoms. The van der Waals surface area contributed by atoms with Gasteiger partial charge >= 0.3 is 0 Å². The molecule has 0 aliphatic heterocycles. The van der Waals surface area contributed by atoms with Gasteiger partial charge in [-0.1, -0.05) is 19.3 Å². The summed E-state index contributed by atoms with van der Waals surface area (Å²) in [4.78, 5) is 0. The van der Waals surface area contributed by atoms with Gasteiger partial charge in [-0.05, 0) is 37.2 Å². The molecule has 3 nitrogen and oxygen atoms in total. The smallest absolute Gasteiger partial charge is 0.127 e. The molecule has 2 rings (SSSR count). The summed E-state index contributed by atoms with van der Waals surface area (Å²) < 4.78 is 4.21. The fourth-order valence-corrected chi connectivity index (χ4v) is 3.00. The molecule has 1 aliphatic carbocycles. The molecule has 0 amide bonds. The second-order valence-electron chi connectivity index (χ2n) is 4.47. The zero-order valence-electron chi connectivity index (χ0n) is 9.62. The van der Waals surface area contributed by atoms with E-state index in [1.54, 1.807) is 0 Å². The van der Waals surface area contributed by atoms with Crippen LogP contribution in [0.5, 0.6) is 0 Å². The van der Waals surface area contributed by atoms with E-state index in [9.17, 15) is 0 Å². The second kappa shape index (κ2) is 5.31. The molecule has 0 spiro atoms. The van der Waals surface area contributed by atoms with Crippen LogP contribution in [0.3, 0.4) is 0 Å². The third-order valence-electron chi connectivity index (χ3n) is 3.25. The summed E-state index contributed by atoms with van der Waals surface area (Å²) in [6.07, 6.45) is 6.76. The zero-order valence-corrected chi connectivity index (χ0v) is 10.4. The quantitative estimate of drug-likeness (QED) is 0.874. The molecular formula is C12H17N3S. The van der Waals surface area contributed by atoms with E-state index in [1.165, 1.54) is 43.6 Å². The largest absolute Gasteiger partial charge is 0.374 e. The molecule has 1 aliphatic rings. The van der Waals surface area contributed by atoms with Crippen molar-refractivity contribution in [3.05, 3.63) is 11.3 Å². The fraction of sp³-hybridized carbons (Fsp3) is 0.667. The van der Waals surface area contributed by atoms with Crippen LogP contribution in [0.4, 0.5) is 5.00 Å². The SMILES string of the molecule is Cc1nsc(NCC2CCCCC2)c1C#N. The van der Waals surface area contributed by atoms with Crippen LogP contribution in [0.15, 0.2) is 0 Å². The molecule has 0 unspecified atom stereocenters. The van der Waals surface area contributed by atoms with Crippen LogP contribution in [-0.2, 0) is 0 Å². The highest BCUT2D eigenvalue weighted by molar-refractivity contribution is 7.10. The van der Waals surface area contributed by atoms with Crippen LogP contribution < -0.4 is 5.32 Å². The molecule has 1 aromatic rings. The number of nitrogens with one attached hydrogen (secondary N) is 1. The number of hydrogen-bond acceptors (Lipinski definition) is 4. The third kappa shape index (κ3) is 2.53. The highest BCUT2D eigenvalue weighted by atomic mass is 32.1. The maximum Gasteiger partial charge on any atom is 0.127 e. The Morgan fingerprint density at radius 2 is 2.19 bits per heavy atom. The van der Waals surface area contributed by atoms with E-state index < -0.39 is 0 Å². The van der Waals surface area contributed by atoms with Crippen molar-refractivity contribution in [2.75, 3.05) is 11.9 Å². The Hall–Kier alpha value is -1.08. The number of hydrogen-bond donors (Lipinski definition) is 1. The topological polar surface area (TPSA) is 48.7 Å². The minimum Gasteiger partial charge on any atom is -0.374 e. The maximum absolute atomic E-state index is 9.00. The van der Waals surface area contributed by atoms with Crippen molar-refractivity contribution < 1.29 is 0 Å². The van der Waals surface area contributed by atoms with Crippen molar-refractivity contribution in [3.8, 4) is 6.07 Å². The van der Waals surface area contributed by atoms with E-state index in [0.717, 1.165) is 28.7 Å². The number of aromatic nitrogens is 1. The van der Waals surface area contributed by atoms with E-state index in [1.807, 2.05) is 6.92 Å². The lowest BCUT2D eigenvalue weighted by molar-refractivity contribution is 0.373. The summed E-state index contributed by atoms with van der Waals surface area (Å²) in [6, 6.07) is 2.22. The summed E-state index contributed by atoms with van der Waals surface area (Å²) in [7, 11) is 0. The molecule has 0 radical (unpaired) electrons. The highest BCUT2D eigenvalue weighted by Crippen LogP contribution is 2.27. The lowest BCUT2D eigenvalue weighted by atomic mass is 9.89. The molecule has 1 fully saturated rings. The number of aryl methyl sites for hydroxylation is 1. The van der Waals surface area contributed by atoms with Gasteiger partial charge in [0.2, 0.25) is 0 Å². The van der Waals surface area contributed by atoms with Gasteiger partial charge in [0.05, 0.1) is 5.69 Å². The highest BCUT2D eigenvalue weighted by Gasteiger charge is 2.15. The van der Waals surface area contributed by atoms with E-state index in [-0.39, 0.29) is 0 Å². The maximum atomic E-state index is 9.00. The van der Waals surface area contributed by atoms with Gasteiger partial charge in [-0.3, -0.25) is 0 Å². The van der Waals surface area contributed by atoms with Gasteiger partial charge in [-0.2, -0.15) is 9.64 Å². The molecule has 0 saturated heterocycles. The molecule has 1 aromatic heterocycles. The van der Waals surface area contributed by atoms with Crippen molar-refractivity contribution in [3.63, 3.8) is 0 Å². The number of rotatable bonds is 3. The number of anilines is 1. The average Bonchev–Trinajstić information content (AvgIpc) is 2.68. The predicted molar refractivity (Wildman–Crippen MR) is 66.6 cm³/mol. The van der Waals surface area contributed by atoms with Crippen molar-refractivity contribution >= 4 is 16.5 Å². The van der Waals surface area contributed by atoms with E-state index in [0.29, 0.717) is 0 Å². The van der Waals surface area contributed by atoms with Gasteiger partial charge in [0, 0.05) is 6.54 Å². The van der Waals surface area contributed by atoms with Gasteiger partial charge in [-0.15, -0.1) is 0 Å². The normalized spacial score (nSPS) is 17.0. The van der Waals surface area contributed by atoms with Crippen LogP contribution in [0, 0.1) is 24.2 Å². The predicted octanol–water partition coefficient (Wildman–Crippen LogP) is 3.32. The summed E-state index contributed by atoms with van der Waals surface area (Å²) in [5.74, 6) is 0.780. The molecule has 1 N–H and O–H groups in total. The van der Waals surface area contributed by atoms with Crippen LogP contribution in [-0.4, -0.2) is 10.9 Å². The standard InChI is InChI=1S/C12H17N3S/c1-9-11(7-13)12(16-15-9)14-8-10-5-3-2-4-6-10/h10,14H,2-6,8H2,1H3.